The van der Waals surface area contributed by atoms with Crippen LogP contribution >= 0.6 is 0 Å². The van der Waals surface area contributed by atoms with E-state index < -0.39 is 5.41 Å². The minimum absolute atomic E-state index is 0.167. The van der Waals surface area contributed by atoms with Crippen LogP contribution in [0, 0.1) is 16.7 Å². The summed E-state index contributed by atoms with van der Waals surface area (Å²) in [5, 5.41) is 19.9. The molecule has 0 spiro atoms. The maximum absolute atomic E-state index is 12.3. The summed E-state index contributed by atoms with van der Waals surface area (Å²) in [6, 6.07) is 2.25. The lowest BCUT2D eigenvalue weighted by atomic mass is 9.81. The monoisotopic (exact) mass is 261 g/mol. The first-order valence-corrected chi connectivity index (χ1v) is 6.70. The Morgan fingerprint density at radius 3 is 2.68 bits per heavy atom. The van der Waals surface area contributed by atoms with Crippen LogP contribution in [0.2, 0.25) is 0 Å². The SMILES string of the molecule is Cn1cnnc1CNC(=O)C1(C#N)CCCCCC1. The van der Waals surface area contributed by atoms with Gasteiger partial charge in [-0.25, -0.2) is 0 Å². The van der Waals surface area contributed by atoms with Crippen molar-refractivity contribution in [1.82, 2.24) is 20.1 Å². The van der Waals surface area contributed by atoms with E-state index in [0.29, 0.717) is 25.2 Å². The Hall–Kier alpha value is -1.90. The minimum Gasteiger partial charge on any atom is -0.347 e. The van der Waals surface area contributed by atoms with Crippen LogP contribution in [-0.2, 0) is 18.4 Å². The number of rotatable bonds is 3. The number of aromatic nitrogens is 3. The zero-order valence-electron chi connectivity index (χ0n) is 11.2. The van der Waals surface area contributed by atoms with E-state index in [-0.39, 0.29) is 5.91 Å². The quantitative estimate of drug-likeness (QED) is 0.831. The second-order valence-corrected chi connectivity index (χ2v) is 5.15. The first-order chi connectivity index (χ1) is 9.18. The molecule has 1 aliphatic carbocycles. The van der Waals surface area contributed by atoms with Crippen LogP contribution in [0.4, 0.5) is 0 Å². The second-order valence-electron chi connectivity index (χ2n) is 5.15. The van der Waals surface area contributed by atoms with Crippen LogP contribution in [0.5, 0.6) is 0 Å². The third kappa shape index (κ3) is 2.92. The average molecular weight is 261 g/mol. The minimum atomic E-state index is -0.852. The van der Waals surface area contributed by atoms with Crippen LogP contribution in [0.3, 0.4) is 0 Å². The number of nitrogens with zero attached hydrogens (tertiary/aromatic N) is 4. The van der Waals surface area contributed by atoms with Gasteiger partial charge in [0.1, 0.15) is 11.7 Å². The molecule has 0 unspecified atom stereocenters. The predicted molar refractivity (Wildman–Crippen MR) is 68.6 cm³/mol. The molecule has 102 valence electrons. The number of carbonyl (C=O) groups excluding carboxylic acids is 1. The van der Waals surface area contributed by atoms with E-state index in [1.54, 1.807) is 10.9 Å². The Morgan fingerprint density at radius 2 is 2.16 bits per heavy atom. The van der Waals surface area contributed by atoms with E-state index in [0.717, 1.165) is 25.7 Å². The van der Waals surface area contributed by atoms with E-state index in [4.69, 9.17) is 0 Å². The normalized spacial score (nSPS) is 18.3. The lowest BCUT2D eigenvalue weighted by molar-refractivity contribution is -0.129. The summed E-state index contributed by atoms with van der Waals surface area (Å²) in [6.45, 7) is 0.318. The molecule has 6 nitrogen and oxygen atoms in total. The molecule has 0 saturated heterocycles. The number of hydrogen-bond acceptors (Lipinski definition) is 4. The summed E-state index contributed by atoms with van der Waals surface area (Å²) < 4.78 is 1.76. The fourth-order valence-corrected chi connectivity index (χ4v) is 2.52. The summed E-state index contributed by atoms with van der Waals surface area (Å²) in [4.78, 5) is 12.3. The van der Waals surface area contributed by atoms with Gasteiger partial charge in [0.2, 0.25) is 5.91 Å². The van der Waals surface area contributed by atoms with Crippen LogP contribution in [0.1, 0.15) is 44.3 Å². The first kappa shape index (κ1) is 13.5. The Kier molecular flexibility index (Phi) is 4.15. The highest BCUT2D eigenvalue weighted by atomic mass is 16.2. The molecule has 1 amide bonds. The van der Waals surface area contributed by atoms with Gasteiger partial charge in [-0.2, -0.15) is 5.26 Å². The van der Waals surface area contributed by atoms with Crippen molar-refractivity contribution in [2.24, 2.45) is 12.5 Å². The van der Waals surface area contributed by atoms with Crippen molar-refractivity contribution < 1.29 is 4.79 Å². The molecule has 1 heterocycles. The number of nitrogens with one attached hydrogen (secondary N) is 1. The second kappa shape index (κ2) is 5.83. The largest absolute Gasteiger partial charge is 0.347 e. The molecular formula is C13H19N5O. The molecule has 0 radical (unpaired) electrons. The lowest BCUT2D eigenvalue weighted by Gasteiger charge is -2.23. The number of amides is 1. The lowest BCUT2D eigenvalue weighted by Crippen LogP contribution is -2.39. The number of carbonyl (C=O) groups is 1. The summed E-state index contributed by atoms with van der Waals surface area (Å²) in [5.74, 6) is 0.523. The zero-order chi connectivity index (χ0) is 13.7. The molecule has 0 aromatic carbocycles. The molecule has 6 heteroatoms. The molecule has 0 bridgehead atoms. The summed E-state index contributed by atoms with van der Waals surface area (Å²) >= 11 is 0. The van der Waals surface area contributed by atoms with Gasteiger partial charge in [-0.3, -0.25) is 4.79 Å². The summed E-state index contributed by atoms with van der Waals surface area (Å²) in [5.41, 5.74) is -0.852. The maximum Gasteiger partial charge on any atom is 0.240 e. The highest BCUT2D eigenvalue weighted by molar-refractivity contribution is 5.85. The van der Waals surface area contributed by atoms with Crippen LogP contribution in [0.15, 0.2) is 6.33 Å². The van der Waals surface area contributed by atoms with Crippen molar-refractivity contribution >= 4 is 5.91 Å². The highest BCUT2D eigenvalue weighted by Crippen LogP contribution is 2.34. The number of hydrogen-bond donors (Lipinski definition) is 1. The third-order valence-electron chi connectivity index (χ3n) is 3.82. The molecule has 19 heavy (non-hydrogen) atoms. The van der Waals surface area contributed by atoms with E-state index in [1.807, 2.05) is 7.05 Å². The van der Waals surface area contributed by atoms with Crippen molar-refractivity contribution in [3.63, 3.8) is 0 Å². The van der Waals surface area contributed by atoms with Crippen molar-refractivity contribution in [3.8, 4) is 6.07 Å². The fourth-order valence-electron chi connectivity index (χ4n) is 2.52. The van der Waals surface area contributed by atoms with Crippen molar-refractivity contribution in [2.45, 2.75) is 45.1 Å². The number of aryl methyl sites for hydroxylation is 1. The molecule has 1 N–H and O–H groups in total. The maximum atomic E-state index is 12.3. The fraction of sp³-hybridized carbons (Fsp3) is 0.692. The predicted octanol–water partition coefficient (Wildman–Crippen LogP) is 1.30. The van der Waals surface area contributed by atoms with E-state index in [2.05, 4.69) is 21.6 Å². The van der Waals surface area contributed by atoms with Crippen LogP contribution < -0.4 is 5.32 Å². The number of nitriles is 1. The molecule has 1 aliphatic rings. The van der Waals surface area contributed by atoms with E-state index >= 15 is 0 Å². The third-order valence-corrected chi connectivity index (χ3v) is 3.82. The van der Waals surface area contributed by atoms with Gasteiger partial charge in [0, 0.05) is 7.05 Å². The molecule has 1 saturated carbocycles. The van der Waals surface area contributed by atoms with Gasteiger partial charge in [0.05, 0.1) is 12.6 Å². The molecule has 1 fully saturated rings. The summed E-state index contributed by atoms with van der Waals surface area (Å²) in [6.07, 6.45) is 7.03. The first-order valence-electron chi connectivity index (χ1n) is 6.70. The van der Waals surface area contributed by atoms with Crippen molar-refractivity contribution in [3.05, 3.63) is 12.2 Å². The van der Waals surface area contributed by atoms with Gasteiger partial charge in [-0.1, -0.05) is 25.7 Å². The van der Waals surface area contributed by atoms with Gasteiger partial charge in [0.25, 0.3) is 0 Å². The zero-order valence-corrected chi connectivity index (χ0v) is 11.2. The van der Waals surface area contributed by atoms with Gasteiger partial charge in [0.15, 0.2) is 5.82 Å². The standard InChI is InChI=1S/C13H19N5O/c1-18-10-16-17-11(18)8-15-12(19)13(9-14)6-4-2-3-5-7-13/h10H,2-8H2,1H3,(H,15,19). The van der Waals surface area contributed by atoms with Crippen molar-refractivity contribution in [1.29, 1.82) is 5.26 Å². The Bertz CT molecular complexity index is 479. The van der Waals surface area contributed by atoms with Gasteiger partial charge >= 0.3 is 0 Å². The van der Waals surface area contributed by atoms with Crippen LogP contribution in [-0.4, -0.2) is 20.7 Å². The smallest absolute Gasteiger partial charge is 0.240 e. The topological polar surface area (TPSA) is 83.6 Å². The summed E-state index contributed by atoms with van der Waals surface area (Å²) in [7, 11) is 1.83. The molecule has 2 rings (SSSR count). The van der Waals surface area contributed by atoms with E-state index in [1.165, 1.54) is 0 Å². The van der Waals surface area contributed by atoms with Gasteiger partial charge in [-0.05, 0) is 12.8 Å². The average Bonchev–Trinajstić information content (AvgIpc) is 2.68. The molecule has 0 atom stereocenters. The molecule has 1 aromatic heterocycles. The van der Waals surface area contributed by atoms with Crippen LogP contribution in [0.25, 0.3) is 0 Å². The highest BCUT2D eigenvalue weighted by Gasteiger charge is 2.38. The Morgan fingerprint density at radius 1 is 1.47 bits per heavy atom. The van der Waals surface area contributed by atoms with Gasteiger partial charge in [-0.15, -0.1) is 10.2 Å². The Labute approximate surface area is 112 Å². The molecule has 1 aromatic rings. The van der Waals surface area contributed by atoms with E-state index in [9.17, 15) is 10.1 Å². The van der Waals surface area contributed by atoms with Crippen molar-refractivity contribution in [2.75, 3.05) is 0 Å². The Balaban J connectivity index is 2.01. The van der Waals surface area contributed by atoms with Gasteiger partial charge < -0.3 is 9.88 Å². The molecular weight excluding hydrogens is 242 g/mol. The molecule has 0 aliphatic heterocycles.